The Hall–Kier alpha value is -1.67. The van der Waals surface area contributed by atoms with Crippen LogP contribution in [0.15, 0.2) is 17.5 Å². The van der Waals surface area contributed by atoms with Gasteiger partial charge in [-0.3, -0.25) is 4.98 Å². The molecule has 1 aliphatic carbocycles. The number of anilines is 2. The third-order valence-electron chi connectivity index (χ3n) is 6.46. The highest BCUT2D eigenvalue weighted by Crippen LogP contribution is 2.36. The fourth-order valence-electron chi connectivity index (χ4n) is 4.16. The zero-order valence-electron chi connectivity index (χ0n) is 19.5. The first-order valence-corrected chi connectivity index (χ1v) is 11.7. The number of aromatic nitrogens is 1. The molecule has 3 aliphatic rings. The van der Waals surface area contributed by atoms with Gasteiger partial charge in [0.15, 0.2) is 5.79 Å². The number of rotatable bonds is 8. The van der Waals surface area contributed by atoms with Crippen LogP contribution in [0.2, 0.25) is 0 Å². The van der Waals surface area contributed by atoms with Crippen LogP contribution in [0.5, 0.6) is 0 Å². The summed E-state index contributed by atoms with van der Waals surface area (Å²) in [4.78, 5) is 4.77. The molecule has 2 aliphatic heterocycles. The number of fused-ring (bicyclic) bond motifs is 1. The molecule has 2 fully saturated rings. The fourth-order valence-corrected chi connectivity index (χ4v) is 4.16. The van der Waals surface area contributed by atoms with Gasteiger partial charge >= 0.3 is 0 Å². The molecule has 31 heavy (non-hydrogen) atoms. The standard InChI is InChI=1S/C24H38N4O3/c1-5-29-13-21(17-7-6-8-17)28-20-12-26-19-11-25-10-9-18(19)22(20)27-14-24(4)15-30-23(2,3)31-16-24/h12,25,28H,5-11,13-16H2,1-4H3,(H,26,27). The minimum absolute atomic E-state index is 0.0869. The Bertz CT molecular complexity index is 805. The average Bonchev–Trinajstić information content (AvgIpc) is 2.72. The quantitative estimate of drug-likeness (QED) is 0.579. The zero-order chi connectivity index (χ0) is 21.9. The van der Waals surface area contributed by atoms with E-state index in [9.17, 15) is 0 Å². The van der Waals surface area contributed by atoms with Crippen molar-refractivity contribution in [3.63, 3.8) is 0 Å². The van der Waals surface area contributed by atoms with E-state index in [0.29, 0.717) is 26.4 Å². The molecule has 3 N–H and O–H groups in total. The predicted molar refractivity (Wildman–Crippen MR) is 123 cm³/mol. The first kappa shape index (κ1) is 22.5. The van der Waals surface area contributed by atoms with Crippen LogP contribution in [0.4, 0.5) is 11.4 Å². The van der Waals surface area contributed by atoms with Gasteiger partial charge < -0.3 is 30.2 Å². The molecular weight excluding hydrogens is 392 g/mol. The maximum Gasteiger partial charge on any atom is 0.162 e. The molecule has 1 saturated heterocycles. The van der Waals surface area contributed by atoms with Crippen LogP contribution in [0.3, 0.4) is 0 Å². The third kappa shape index (κ3) is 5.40. The van der Waals surface area contributed by atoms with Crippen LogP contribution in [0.25, 0.3) is 0 Å². The van der Waals surface area contributed by atoms with Crippen molar-refractivity contribution in [2.24, 2.45) is 5.41 Å². The molecule has 1 aromatic heterocycles. The maximum atomic E-state index is 5.95. The highest BCUT2D eigenvalue weighted by atomic mass is 16.7. The lowest BCUT2D eigenvalue weighted by Gasteiger charge is -2.41. The molecule has 0 unspecified atom stereocenters. The van der Waals surface area contributed by atoms with E-state index in [-0.39, 0.29) is 5.41 Å². The lowest BCUT2D eigenvalue weighted by molar-refractivity contribution is -0.279. The minimum atomic E-state index is -0.503. The average molecular weight is 431 g/mol. The molecule has 1 aromatic rings. The van der Waals surface area contributed by atoms with Crippen molar-refractivity contribution < 1.29 is 14.2 Å². The Morgan fingerprint density at radius 3 is 2.65 bits per heavy atom. The molecule has 0 amide bonds. The number of ether oxygens (including phenoxy) is 3. The van der Waals surface area contributed by atoms with Crippen molar-refractivity contribution in [2.75, 3.05) is 50.2 Å². The predicted octanol–water partition coefficient (Wildman–Crippen LogP) is 3.81. The van der Waals surface area contributed by atoms with E-state index >= 15 is 0 Å². The van der Waals surface area contributed by atoms with Gasteiger partial charge in [-0.05, 0) is 58.6 Å². The lowest BCUT2D eigenvalue weighted by atomic mass is 9.90. The molecule has 0 bridgehead atoms. The Morgan fingerprint density at radius 1 is 1.19 bits per heavy atom. The van der Waals surface area contributed by atoms with E-state index < -0.39 is 5.79 Å². The largest absolute Gasteiger partial charge is 0.382 e. The molecule has 1 saturated carbocycles. The number of pyridine rings is 1. The third-order valence-corrected chi connectivity index (χ3v) is 6.46. The molecule has 0 atom stereocenters. The summed E-state index contributed by atoms with van der Waals surface area (Å²) < 4.78 is 17.7. The van der Waals surface area contributed by atoms with E-state index in [0.717, 1.165) is 56.0 Å². The molecule has 0 spiro atoms. The Labute approximate surface area is 186 Å². The smallest absolute Gasteiger partial charge is 0.162 e. The van der Waals surface area contributed by atoms with Crippen molar-refractivity contribution in [2.45, 2.75) is 65.7 Å². The number of hydrogen-bond acceptors (Lipinski definition) is 7. The van der Waals surface area contributed by atoms with Crippen LogP contribution in [-0.4, -0.2) is 50.3 Å². The Kier molecular flexibility index (Phi) is 6.86. The summed E-state index contributed by atoms with van der Waals surface area (Å²) in [6, 6.07) is 0. The van der Waals surface area contributed by atoms with Crippen LogP contribution in [0.1, 0.15) is 58.2 Å². The summed E-state index contributed by atoms with van der Waals surface area (Å²) >= 11 is 0. The monoisotopic (exact) mass is 430 g/mol. The number of nitrogens with zero attached hydrogens (tertiary/aromatic N) is 1. The molecular formula is C24H38N4O3. The van der Waals surface area contributed by atoms with E-state index in [4.69, 9.17) is 19.2 Å². The fraction of sp³-hybridized carbons (Fsp3) is 0.708. The lowest BCUT2D eigenvalue weighted by Crippen LogP contribution is -2.48. The molecule has 172 valence electrons. The first-order chi connectivity index (χ1) is 14.9. The summed E-state index contributed by atoms with van der Waals surface area (Å²) in [5.74, 6) is -0.503. The van der Waals surface area contributed by atoms with Gasteiger partial charge in [-0.1, -0.05) is 6.92 Å². The van der Waals surface area contributed by atoms with E-state index in [1.165, 1.54) is 23.3 Å². The van der Waals surface area contributed by atoms with Crippen molar-refractivity contribution in [3.8, 4) is 0 Å². The number of allylic oxidation sites excluding steroid dienone is 1. The van der Waals surface area contributed by atoms with Gasteiger partial charge in [0, 0.05) is 36.4 Å². The van der Waals surface area contributed by atoms with E-state index in [1.54, 1.807) is 0 Å². The van der Waals surface area contributed by atoms with E-state index in [2.05, 4.69) is 22.9 Å². The van der Waals surface area contributed by atoms with Gasteiger partial charge in [-0.25, -0.2) is 0 Å². The highest BCUT2D eigenvalue weighted by molar-refractivity contribution is 5.75. The van der Waals surface area contributed by atoms with Crippen LogP contribution < -0.4 is 16.0 Å². The maximum absolute atomic E-state index is 5.95. The molecule has 4 rings (SSSR count). The number of hydrogen-bond donors (Lipinski definition) is 3. The second-order valence-corrected chi connectivity index (χ2v) is 9.74. The van der Waals surface area contributed by atoms with E-state index in [1.807, 2.05) is 27.0 Å². The summed E-state index contributed by atoms with van der Waals surface area (Å²) in [7, 11) is 0. The van der Waals surface area contributed by atoms with Gasteiger partial charge in [-0.2, -0.15) is 0 Å². The van der Waals surface area contributed by atoms with Crippen molar-refractivity contribution in [3.05, 3.63) is 28.7 Å². The van der Waals surface area contributed by atoms with Gasteiger partial charge in [0.1, 0.15) is 0 Å². The van der Waals surface area contributed by atoms with Crippen LogP contribution in [-0.2, 0) is 27.2 Å². The second-order valence-electron chi connectivity index (χ2n) is 9.74. The normalized spacial score (nSPS) is 21.7. The summed E-state index contributed by atoms with van der Waals surface area (Å²) in [5.41, 5.74) is 7.22. The second kappa shape index (κ2) is 9.45. The van der Waals surface area contributed by atoms with Gasteiger partial charge in [0.25, 0.3) is 0 Å². The Morgan fingerprint density at radius 2 is 1.97 bits per heavy atom. The number of nitrogens with one attached hydrogen (secondary N) is 3. The van der Waals surface area contributed by atoms with Crippen molar-refractivity contribution in [1.29, 1.82) is 0 Å². The summed E-state index contributed by atoms with van der Waals surface area (Å²) in [6.07, 6.45) is 6.51. The van der Waals surface area contributed by atoms with Gasteiger partial charge in [-0.15, -0.1) is 0 Å². The molecule has 7 nitrogen and oxygen atoms in total. The van der Waals surface area contributed by atoms with Crippen molar-refractivity contribution in [1.82, 2.24) is 10.3 Å². The first-order valence-electron chi connectivity index (χ1n) is 11.7. The van der Waals surface area contributed by atoms with Gasteiger partial charge in [0.2, 0.25) is 0 Å². The highest BCUT2D eigenvalue weighted by Gasteiger charge is 2.37. The van der Waals surface area contributed by atoms with Crippen LogP contribution in [0, 0.1) is 5.41 Å². The minimum Gasteiger partial charge on any atom is -0.382 e. The van der Waals surface area contributed by atoms with Crippen LogP contribution >= 0.6 is 0 Å². The topological polar surface area (TPSA) is 76.7 Å². The summed E-state index contributed by atoms with van der Waals surface area (Å²) in [6.45, 7) is 13.4. The molecule has 0 radical (unpaired) electrons. The summed E-state index contributed by atoms with van der Waals surface area (Å²) in [5, 5.41) is 10.9. The molecule has 0 aromatic carbocycles. The van der Waals surface area contributed by atoms with Crippen molar-refractivity contribution >= 4 is 11.4 Å². The zero-order valence-corrected chi connectivity index (χ0v) is 19.5. The molecule has 7 heteroatoms. The molecule has 3 heterocycles. The van der Waals surface area contributed by atoms with Gasteiger partial charge in [0.05, 0.1) is 43.1 Å². The Balaban J connectivity index is 1.56. The SMILES string of the molecule is CCOCC(Nc1cnc2c(c1NCC1(C)COC(C)(C)OC1)CCNC2)=C1CCC1.